The summed E-state index contributed by atoms with van der Waals surface area (Å²) < 4.78 is 10.4. The Balaban J connectivity index is 2.54. The molecule has 0 amide bonds. The molecule has 1 saturated heterocycles. The lowest BCUT2D eigenvalue weighted by Gasteiger charge is -2.18. The summed E-state index contributed by atoms with van der Waals surface area (Å²) in [6, 6.07) is 0. The van der Waals surface area contributed by atoms with Crippen molar-refractivity contribution in [1.82, 2.24) is 0 Å². The van der Waals surface area contributed by atoms with Crippen LogP contribution in [0, 0.1) is 0 Å². The predicted octanol–water partition coefficient (Wildman–Crippen LogP) is 0.324. The van der Waals surface area contributed by atoms with Gasteiger partial charge < -0.3 is 20.9 Å². The monoisotopic (exact) mass is 188 g/mol. The molecule has 68 valence electrons. The Morgan fingerprint density at radius 3 is 2.67 bits per heavy atom. The molecule has 1 heterocycles. The van der Waals surface area contributed by atoms with Crippen LogP contribution in [0.3, 0.4) is 0 Å². The molecule has 0 saturated carbocycles. The second kappa shape index (κ2) is 4.27. The summed E-state index contributed by atoms with van der Waals surface area (Å²) in [5.74, 6) is 0.651. The molecule has 4 N–H and O–H groups in total. The minimum Gasteiger partial charge on any atom is -0.490 e. The van der Waals surface area contributed by atoms with E-state index in [4.69, 9.17) is 20.9 Å². The van der Waals surface area contributed by atoms with E-state index in [1.807, 2.05) is 0 Å². The summed E-state index contributed by atoms with van der Waals surface area (Å²) in [5, 5.41) is 0.983. The summed E-state index contributed by atoms with van der Waals surface area (Å²) in [6.07, 6.45) is 0. The van der Waals surface area contributed by atoms with Crippen LogP contribution in [0.25, 0.3) is 0 Å². The topological polar surface area (TPSA) is 70.5 Å². The van der Waals surface area contributed by atoms with Gasteiger partial charge in [0.25, 0.3) is 0 Å². The molecule has 1 aliphatic heterocycles. The maximum absolute atomic E-state index is 5.65. The van der Waals surface area contributed by atoms with Crippen molar-refractivity contribution in [3.63, 3.8) is 0 Å². The van der Waals surface area contributed by atoms with E-state index in [1.54, 1.807) is 0 Å². The number of ether oxygens (including phenoxy) is 2. The average molecular weight is 188 g/mol. The molecule has 1 fully saturated rings. The molecule has 0 aromatic carbocycles. The molecule has 0 unspecified atom stereocenters. The van der Waals surface area contributed by atoms with Gasteiger partial charge in [-0.15, -0.1) is 0 Å². The second-order valence-electron chi connectivity index (χ2n) is 2.26. The molecular formula is C7H12N2O2S. The molecule has 0 atom stereocenters. The van der Waals surface area contributed by atoms with Crippen molar-refractivity contribution in [3.8, 4) is 0 Å². The summed E-state index contributed by atoms with van der Waals surface area (Å²) in [5.41, 5.74) is 11.0. The van der Waals surface area contributed by atoms with Crippen LogP contribution >= 0.6 is 11.8 Å². The van der Waals surface area contributed by atoms with E-state index in [0.29, 0.717) is 35.6 Å². The van der Waals surface area contributed by atoms with E-state index in [1.165, 1.54) is 11.8 Å². The van der Waals surface area contributed by atoms with Gasteiger partial charge in [0.15, 0.2) is 5.76 Å². The molecule has 0 aliphatic carbocycles. The fourth-order valence-corrected chi connectivity index (χ4v) is 1.28. The van der Waals surface area contributed by atoms with Gasteiger partial charge in [-0.1, -0.05) is 18.3 Å². The van der Waals surface area contributed by atoms with Crippen LogP contribution in [0.5, 0.6) is 0 Å². The molecule has 0 aromatic heterocycles. The van der Waals surface area contributed by atoms with Crippen molar-refractivity contribution in [2.75, 3.05) is 19.8 Å². The van der Waals surface area contributed by atoms with Gasteiger partial charge in [-0.2, -0.15) is 0 Å². The highest BCUT2D eigenvalue weighted by atomic mass is 32.2. The fourth-order valence-electron chi connectivity index (χ4n) is 0.771. The average Bonchev–Trinajstić information content (AvgIpc) is 2.05. The highest BCUT2D eigenvalue weighted by molar-refractivity contribution is 8.06. The summed E-state index contributed by atoms with van der Waals surface area (Å²) in [4.78, 5) is 0. The molecule has 0 bridgehead atoms. The standard InChI is InChI=1S/C7H12N2O2S/c1-5(8)12-7(9)6-4-10-2-3-11-6/h1-4,8-9H2/b7-6+. The minimum atomic E-state index is 0.423. The highest BCUT2D eigenvalue weighted by Gasteiger charge is 2.11. The molecule has 0 radical (unpaired) electrons. The third-order valence-corrected chi connectivity index (χ3v) is 1.96. The van der Waals surface area contributed by atoms with Gasteiger partial charge in [-0.05, 0) is 0 Å². The normalized spacial score (nSPS) is 21.3. The Hall–Kier alpha value is -0.810. The molecule has 12 heavy (non-hydrogen) atoms. The Morgan fingerprint density at radius 2 is 2.17 bits per heavy atom. The van der Waals surface area contributed by atoms with E-state index in [9.17, 15) is 0 Å². The van der Waals surface area contributed by atoms with Crippen molar-refractivity contribution in [2.45, 2.75) is 0 Å². The Bertz CT molecular complexity index is 207. The molecule has 0 spiro atoms. The Labute approximate surface area is 75.6 Å². The van der Waals surface area contributed by atoms with E-state index in [2.05, 4.69) is 6.58 Å². The predicted molar refractivity (Wildman–Crippen MR) is 48.9 cm³/mol. The quantitative estimate of drug-likeness (QED) is 0.653. The van der Waals surface area contributed by atoms with E-state index >= 15 is 0 Å². The lowest BCUT2D eigenvalue weighted by atomic mass is 10.5. The first kappa shape index (κ1) is 9.28. The van der Waals surface area contributed by atoms with Crippen LogP contribution < -0.4 is 11.5 Å². The molecule has 1 aliphatic rings. The van der Waals surface area contributed by atoms with Crippen LogP contribution in [0.15, 0.2) is 22.4 Å². The van der Waals surface area contributed by atoms with Crippen LogP contribution in [0.4, 0.5) is 0 Å². The fraction of sp³-hybridized carbons (Fsp3) is 0.429. The van der Waals surface area contributed by atoms with Crippen LogP contribution in [0.1, 0.15) is 0 Å². The Kier molecular flexibility index (Phi) is 3.31. The summed E-state index contributed by atoms with van der Waals surface area (Å²) in [6.45, 7) is 5.11. The lowest BCUT2D eigenvalue weighted by Crippen LogP contribution is -2.19. The minimum absolute atomic E-state index is 0.423. The van der Waals surface area contributed by atoms with Crippen molar-refractivity contribution in [3.05, 3.63) is 22.4 Å². The third kappa shape index (κ3) is 2.67. The van der Waals surface area contributed by atoms with E-state index in [-0.39, 0.29) is 0 Å². The Morgan fingerprint density at radius 1 is 1.42 bits per heavy atom. The zero-order chi connectivity index (χ0) is 8.97. The van der Waals surface area contributed by atoms with Crippen molar-refractivity contribution in [2.24, 2.45) is 11.5 Å². The van der Waals surface area contributed by atoms with Crippen molar-refractivity contribution in [1.29, 1.82) is 0 Å². The van der Waals surface area contributed by atoms with Gasteiger partial charge >= 0.3 is 0 Å². The van der Waals surface area contributed by atoms with Gasteiger partial charge in [0, 0.05) is 0 Å². The lowest BCUT2D eigenvalue weighted by molar-refractivity contribution is 0.0126. The molecule has 1 rings (SSSR count). The molecule has 4 nitrogen and oxygen atoms in total. The first-order valence-corrected chi connectivity index (χ1v) is 4.33. The SMILES string of the molecule is C=C(N)S/C(N)=C1\COCCO1. The summed E-state index contributed by atoms with van der Waals surface area (Å²) in [7, 11) is 0. The number of rotatable bonds is 2. The van der Waals surface area contributed by atoms with Crippen LogP contribution in [-0.4, -0.2) is 19.8 Å². The van der Waals surface area contributed by atoms with E-state index in [0.717, 1.165) is 0 Å². The number of nitrogens with two attached hydrogens (primary N) is 2. The first-order valence-electron chi connectivity index (χ1n) is 3.51. The highest BCUT2D eigenvalue weighted by Crippen LogP contribution is 2.20. The van der Waals surface area contributed by atoms with Crippen LogP contribution in [0.2, 0.25) is 0 Å². The largest absolute Gasteiger partial charge is 0.490 e. The van der Waals surface area contributed by atoms with Gasteiger partial charge in [0.1, 0.15) is 18.2 Å². The third-order valence-electron chi connectivity index (χ3n) is 1.25. The maximum atomic E-state index is 5.65. The van der Waals surface area contributed by atoms with Gasteiger partial charge in [-0.25, -0.2) is 0 Å². The van der Waals surface area contributed by atoms with Crippen molar-refractivity contribution < 1.29 is 9.47 Å². The van der Waals surface area contributed by atoms with Crippen LogP contribution in [-0.2, 0) is 9.47 Å². The summed E-state index contributed by atoms with van der Waals surface area (Å²) >= 11 is 1.20. The van der Waals surface area contributed by atoms with Gasteiger partial charge in [-0.3, -0.25) is 0 Å². The van der Waals surface area contributed by atoms with Gasteiger partial charge in [0.2, 0.25) is 0 Å². The molecule has 5 heteroatoms. The zero-order valence-corrected chi connectivity index (χ0v) is 7.52. The number of hydrogen-bond donors (Lipinski definition) is 2. The smallest absolute Gasteiger partial charge is 0.152 e. The molecular weight excluding hydrogens is 176 g/mol. The van der Waals surface area contributed by atoms with Crippen molar-refractivity contribution >= 4 is 11.8 Å². The number of hydrogen-bond acceptors (Lipinski definition) is 5. The molecule has 0 aromatic rings. The second-order valence-corrected chi connectivity index (χ2v) is 3.43. The number of thioether (sulfide) groups is 1. The zero-order valence-electron chi connectivity index (χ0n) is 6.71. The first-order chi connectivity index (χ1) is 5.70. The maximum Gasteiger partial charge on any atom is 0.152 e. The van der Waals surface area contributed by atoms with Gasteiger partial charge in [0.05, 0.1) is 11.6 Å². The van der Waals surface area contributed by atoms with E-state index < -0.39 is 0 Å².